The summed E-state index contributed by atoms with van der Waals surface area (Å²) < 4.78 is 0. The lowest BCUT2D eigenvalue weighted by Gasteiger charge is -2.29. The Labute approximate surface area is 157 Å². The van der Waals surface area contributed by atoms with Gasteiger partial charge >= 0.3 is 11.8 Å². The van der Waals surface area contributed by atoms with Gasteiger partial charge in [0.1, 0.15) is 5.82 Å². The molecule has 0 saturated carbocycles. The Kier molecular flexibility index (Phi) is 5.54. The van der Waals surface area contributed by atoms with E-state index in [-0.39, 0.29) is 6.04 Å². The lowest BCUT2D eigenvalue weighted by Crippen LogP contribution is -2.45. The number of anilines is 2. The standard InChI is InChI=1S/C19H24N6O2/c1-3-12(2)25(11-13-7-5-4-6-8-13)19(27)18(26)23-15-10-21-17(20)14-9-22-24-16(14)15/h5,7-10,12H,3-4,6,11H2,1-2H3,(H2,20,21)(H,22,24)(H,23,26). The number of hydrogen-bond donors (Lipinski definition) is 3. The fraction of sp³-hybridized carbons (Fsp3) is 0.368. The number of H-pyrrole nitrogens is 1. The van der Waals surface area contributed by atoms with Gasteiger partial charge in [-0.15, -0.1) is 0 Å². The molecule has 2 heterocycles. The summed E-state index contributed by atoms with van der Waals surface area (Å²) in [5.41, 5.74) is 7.76. The zero-order valence-corrected chi connectivity index (χ0v) is 15.5. The van der Waals surface area contributed by atoms with Crippen molar-refractivity contribution in [3.05, 3.63) is 36.2 Å². The molecule has 1 aliphatic rings. The van der Waals surface area contributed by atoms with Crippen LogP contribution in [0.2, 0.25) is 0 Å². The largest absolute Gasteiger partial charge is 0.383 e. The van der Waals surface area contributed by atoms with Gasteiger partial charge in [0.05, 0.1) is 29.0 Å². The number of carbonyl (C=O) groups is 2. The molecular formula is C19H24N6O2. The number of aromatic nitrogens is 3. The van der Waals surface area contributed by atoms with E-state index < -0.39 is 11.8 Å². The Balaban J connectivity index is 1.79. The predicted molar refractivity (Wildman–Crippen MR) is 105 cm³/mol. The molecule has 3 rings (SSSR count). The number of nitrogen functional groups attached to an aromatic ring is 1. The summed E-state index contributed by atoms with van der Waals surface area (Å²) in [5.74, 6) is -0.979. The minimum atomic E-state index is -0.710. The minimum absolute atomic E-state index is 0.0591. The molecule has 0 aliphatic heterocycles. The normalized spacial score (nSPS) is 14.7. The highest BCUT2D eigenvalue weighted by Crippen LogP contribution is 2.24. The van der Waals surface area contributed by atoms with Crippen LogP contribution >= 0.6 is 0 Å². The number of nitrogens with one attached hydrogen (secondary N) is 2. The molecule has 2 amide bonds. The smallest absolute Gasteiger partial charge is 0.314 e. The third-order valence-electron chi connectivity index (χ3n) is 4.77. The van der Waals surface area contributed by atoms with Crippen LogP contribution in [0.1, 0.15) is 33.1 Å². The van der Waals surface area contributed by atoms with Gasteiger partial charge in [-0.2, -0.15) is 5.10 Å². The zero-order chi connectivity index (χ0) is 19.4. The molecule has 0 radical (unpaired) electrons. The predicted octanol–water partition coefficient (Wildman–Crippen LogP) is 2.38. The van der Waals surface area contributed by atoms with Crippen molar-refractivity contribution in [3.8, 4) is 0 Å². The molecular weight excluding hydrogens is 344 g/mol. The number of aromatic amines is 1. The molecule has 2 aromatic heterocycles. The number of nitrogens with zero attached hydrogens (tertiary/aromatic N) is 3. The molecule has 0 saturated heterocycles. The molecule has 0 fully saturated rings. The first-order valence-electron chi connectivity index (χ1n) is 9.06. The van der Waals surface area contributed by atoms with Gasteiger partial charge in [0.15, 0.2) is 0 Å². The van der Waals surface area contributed by atoms with Crippen molar-refractivity contribution in [1.29, 1.82) is 0 Å². The Hall–Kier alpha value is -3.16. The number of carbonyl (C=O) groups excluding carboxylic acids is 2. The third kappa shape index (κ3) is 3.99. The molecule has 27 heavy (non-hydrogen) atoms. The van der Waals surface area contributed by atoms with Gasteiger partial charge in [0.25, 0.3) is 0 Å². The number of rotatable bonds is 5. The molecule has 8 heteroatoms. The van der Waals surface area contributed by atoms with Gasteiger partial charge in [0, 0.05) is 12.6 Å². The number of nitrogens with two attached hydrogens (primary N) is 1. The van der Waals surface area contributed by atoms with Crippen LogP contribution in [0.4, 0.5) is 11.5 Å². The van der Waals surface area contributed by atoms with Crippen molar-refractivity contribution in [2.45, 2.75) is 39.2 Å². The molecule has 0 aromatic carbocycles. The number of fused-ring (bicyclic) bond motifs is 1. The maximum absolute atomic E-state index is 12.9. The molecule has 0 spiro atoms. The van der Waals surface area contributed by atoms with Crippen LogP contribution in [0.15, 0.2) is 36.2 Å². The van der Waals surface area contributed by atoms with E-state index in [1.165, 1.54) is 12.4 Å². The van der Waals surface area contributed by atoms with E-state index >= 15 is 0 Å². The van der Waals surface area contributed by atoms with E-state index in [0.29, 0.717) is 29.0 Å². The number of amides is 2. The molecule has 0 bridgehead atoms. The van der Waals surface area contributed by atoms with Gasteiger partial charge in [-0.05, 0) is 31.8 Å². The van der Waals surface area contributed by atoms with Crippen molar-refractivity contribution in [2.24, 2.45) is 0 Å². The van der Waals surface area contributed by atoms with Crippen LogP contribution in [-0.2, 0) is 9.59 Å². The summed E-state index contributed by atoms with van der Waals surface area (Å²) in [6.07, 6.45) is 11.9. The highest BCUT2D eigenvalue weighted by atomic mass is 16.2. The topological polar surface area (TPSA) is 117 Å². The van der Waals surface area contributed by atoms with Crippen LogP contribution in [0.25, 0.3) is 10.9 Å². The van der Waals surface area contributed by atoms with Crippen LogP contribution in [0.3, 0.4) is 0 Å². The summed E-state index contributed by atoms with van der Waals surface area (Å²) in [7, 11) is 0. The molecule has 4 N–H and O–H groups in total. The Morgan fingerprint density at radius 2 is 2.19 bits per heavy atom. The highest BCUT2D eigenvalue weighted by Gasteiger charge is 2.27. The van der Waals surface area contributed by atoms with Crippen molar-refractivity contribution >= 4 is 34.2 Å². The van der Waals surface area contributed by atoms with Crippen LogP contribution in [-0.4, -0.2) is 44.5 Å². The zero-order valence-electron chi connectivity index (χ0n) is 15.5. The van der Waals surface area contributed by atoms with Crippen molar-refractivity contribution in [2.75, 3.05) is 17.6 Å². The Bertz CT molecular complexity index is 914. The summed E-state index contributed by atoms with van der Waals surface area (Å²) in [4.78, 5) is 31.1. The second-order valence-corrected chi connectivity index (χ2v) is 6.62. The summed E-state index contributed by atoms with van der Waals surface area (Å²) in [6.45, 7) is 4.35. The Morgan fingerprint density at radius 1 is 1.37 bits per heavy atom. The number of pyridine rings is 1. The van der Waals surface area contributed by atoms with Gasteiger partial charge in [0.2, 0.25) is 0 Å². The van der Waals surface area contributed by atoms with Gasteiger partial charge < -0.3 is 16.0 Å². The molecule has 2 aromatic rings. The van der Waals surface area contributed by atoms with Crippen LogP contribution in [0, 0.1) is 0 Å². The van der Waals surface area contributed by atoms with Crippen molar-refractivity contribution in [3.63, 3.8) is 0 Å². The molecule has 1 unspecified atom stereocenters. The second-order valence-electron chi connectivity index (χ2n) is 6.62. The van der Waals surface area contributed by atoms with E-state index in [9.17, 15) is 9.59 Å². The van der Waals surface area contributed by atoms with E-state index in [0.717, 1.165) is 24.8 Å². The summed E-state index contributed by atoms with van der Waals surface area (Å²) in [6, 6.07) is -0.0591. The lowest BCUT2D eigenvalue weighted by atomic mass is 10.1. The fourth-order valence-electron chi connectivity index (χ4n) is 2.98. The first-order chi connectivity index (χ1) is 13.0. The molecule has 142 valence electrons. The maximum Gasteiger partial charge on any atom is 0.314 e. The fourth-order valence-corrected chi connectivity index (χ4v) is 2.98. The van der Waals surface area contributed by atoms with Gasteiger partial charge in [-0.3, -0.25) is 14.7 Å². The molecule has 1 aliphatic carbocycles. The average Bonchev–Trinajstić information content (AvgIpc) is 3.19. The van der Waals surface area contributed by atoms with Gasteiger partial charge in [-0.25, -0.2) is 4.98 Å². The van der Waals surface area contributed by atoms with E-state index in [2.05, 4.69) is 32.7 Å². The average molecular weight is 368 g/mol. The van der Waals surface area contributed by atoms with E-state index in [1.807, 2.05) is 19.9 Å². The van der Waals surface area contributed by atoms with Crippen molar-refractivity contribution in [1.82, 2.24) is 20.1 Å². The summed E-state index contributed by atoms with van der Waals surface area (Å²) >= 11 is 0. The van der Waals surface area contributed by atoms with Crippen molar-refractivity contribution < 1.29 is 9.59 Å². The quantitative estimate of drug-likeness (QED) is 0.701. The lowest BCUT2D eigenvalue weighted by molar-refractivity contribution is -0.144. The van der Waals surface area contributed by atoms with Crippen LogP contribution in [0.5, 0.6) is 0 Å². The molecule has 8 nitrogen and oxygen atoms in total. The monoisotopic (exact) mass is 368 g/mol. The Morgan fingerprint density at radius 3 is 2.89 bits per heavy atom. The van der Waals surface area contributed by atoms with Crippen LogP contribution < -0.4 is 11.1 Å². The van der Waals surface area contributed by atoms with E-state index in [4.69, 9.17) is 5.73 Å². The first kappa shape index (κ1) is 18.6. The second kappa shape index (κ2) is 8.03. The SMILES string of the molecule is CCC(C)N(CC1=CCCC=C1)C(=O)C(=O)Nc1cnc(N)c2cn[nH]c12. The van der Waals surface area contributed by atoms with Gasteiger partial charge in [-0.1, -0.05) is 25.2 Å². The third-order valence-corrected chi connectivity index (χ3v) is 4.77. The summed E-state index contributed by atoms with van der Waals surface area (Å²) in [5, 5.41) is 9.93. The first-order valence-corrected chi connectivity index (χ1v) is 9.06. The van der Waals surface area contributed by atoms with E-state index in [1.54, 1.807) is 4.90 Å². The number of hydrogen-bond acceptors (Lipinski definition) is 5. The molecule has 1 atom stereocenters. The number of allylic oxidation sites excluding steroid dienone is 2. The maximum atomic E-state index is 12.9. The highest BCUT2D eigenvalue weighted by molar-refractivity contribution is 6.40. The minimum Gasteiger partial charge on any atom is -0.383 e.